The first-order valence-electron chi connectivity index (χ1n) is 8.27. The third-order valence-corrected chi connectivity index (χ3v) is 3.10. The van der Waals surface area contributed by atoms with Gasteiger partial charge in [0.25, 0.3) is 0 Å². The quantitative estimate of drug-likeness (QED) is 0.705. The van der Waals surface area contributed by atoms with Crippen LogP contribution >= 0.6 is 0 Å². The van der Waals surface area contributed by atoms with Gasteiger partial charge in [-0.15, -0.1) is 0 Å². The first-order chi connectivity index (χ1) is 10.8. The first-order valence-corrected chi connectivity index (χ1v) is 8.27. The lowest BCUT2D eigenvalue weighted by Gasteiger charge is -2.19. The minimum atomic E-state index is -0.460. The zero-order valence-corrected chi connectivity index (χ0v) is 14.9. The van der Waals surface area contributed by atoms with Crippen molar-refractivity contribution < 1.29 is 14.3 Å². The van der Waals surface area contributed by atoms with Gasteiger partial charge in [-0.3, -0.25) is 0 Å². The summed E-state index contributed by atoms with van der Waals surface area (Å²) in [6.45, 7) is 11.0. The Labute approximate surface area is 139 Å². The molecule has 23 heavy (non-hydrogen) atoms. The standard InChI is InChI=1S/C18H30N2O3/c1-6-14(2)22-16-10-7-9-15(13-16)19-11-8-12-20-17(21)23-18(3,4)5/h7,9-10,13-14,19H,6,8,11-12H2,1-5H3,(H,20,21). The molecule has 1 atom stereocenters. The zero-order chi connectivity index (χ0) is 17.3. The van der Waals surface area contributed by atoms with Gasteiger partial charge in [0.05, 0.1) is 6.10 Å². The molecule has 0 radical (unpaired) electrons. The van der Waals surface area contributed by atoms with E-state index >= 15 is 0 Å². The summed E-state index contributed by atoms with van der Waals surface area (Å²) in [6.07, 6.45) is 1.63. The molecule has 0 aromatic heterocycles. The fourth-order valence-electron chi connectivity index (χ4n) is 1.82. The van der Waals surface area contributed by atoms with Crippen LogP contribution in [-0.2, 0) is 4.74 Å². The molecule has 0 fully saturated rings. The van der Waals surface area contributed by atoms with Crippen LogP contribution in [0.4, 0.5) is 10.5 Å². The van der Waals surface area contributed by atoms with Gasteiger partial charge in [-0.25, -0.2) is 4.79 Å². The largest absolute Gasteiger partial charge is 0.491 e. The monoisotopic (exact) mass is 322 g/mol. The van der Waals surface area contributed by atoms with Gasteiger partial charge in [0.1, 0.15) is 11.4 Å². The molecule has 0 spiro atoms. The van der Waals surface area contributed by atoms with E-state index in [1.807, 2.05) is 45.0 Å². The molecule has 0 saturated carbocycles. The van der Waals surface area contributed by atoms with Gasteiger partial charge in [-0.2, -0.15) is 0 Å². The van der Waals surface area contributed by atoms with E-state index in [4.69, 9.17) is 9.47 Å². The van der Waals surface area contributed by atoms with Gasteiger partial charge in [0.15, 0.2) is 0 Å². The Morgan fingerprint density at radius 1 is 1.26 bits per heavy atom. The van der Waals surface area contributed by atoms with Crippen molar-refractivity contribution >= 4 is 11.8 Å². The molecule has 1 rings (SSSR count). The van der Waals surface area contributed by atoms with Crippen molar-refractivity contribution in [2.75, 3.05) is 18.4 Å². The number of hydrogen-bond acceptors (Lipinski definition) is 4. The summed E-state index contributed by atoms with van der Waals surface area (Å²) in [5.74, 6) is 0.872. The van der Waals surface area contributed by atoms with Crippen LogP contribution in [0, 0.1) is 0 Å². The van der Waals surface area contributed by atoms with E-state index in [1.54, 1.807) is 0 Å². The molecule has 1 unspecified atom stereocenters. The van der Waals surface area contributed by atoms with E-state index in [0.717, 1.165) is 30.8 Å². The van der Waals surface area contributed by atoms with Crippen LogP contribution in [0.1, 0.15) is 47.5 Å². The van der Waals surface area contributed by atoms with Gasteiger partial charge in [0.2, 0.25) is 0 Å². The number of nitrogens with one attached hydrogen (secondary N) is 2. The van der Waals surface area contributed by atoms with Gasteiger partial charge < -0.3 is 20.1 Å². The Kier molecular flexibility index (Phi) is 7.72. The number of rotatable bonds is 8. The number of alkyl carbamates (subject to hydrolysis) is 1. The summed E-state index contributed by atoms with van der Waals surface area (Å²) >= 11 is 0. The van der Waals surface area contributed by atoms with Crippen LogP contribution in [0.15, 0.2) is 24.3 Å². The molecule has 0 aliphatic heterocycles. The normalized spacial score (nSPS) is 12.4. The molecule has 1 amide bonds. The molecule has 130 valence electrons. The Morgan fingerprint density at radius 2 is 2.00 bits per heavy atom. The molecule has 1 aromatic carbocycles. The SMILES string of the molecule is CCC(C)Oc1cccc(NCCCNC(=O)OC(C)(C)C)c1. The van der Waals surface area contributed by atoms with Crippen LogP contribution in [0.5, 0.6) is 5.75 Å². The van der Waals surface area contributed by atoms with Gasteiger partial charge in [0, 0.05) is 24.8 Å². The Morgan fingerprint density at radius 3 is 2.65 bits per heavy atom. The van der Waals surface area contributed by atoms with Crippen molar-refractivity contribution in [1.82, 2.24) is 5.32 Å². The maximum atomic E-state index is 11.5. The smallest absolute Gasteiger partial charge is 0.407 e. The van der Waals surface area contributed by atoms with Crippen molar-refractivity contribution in [2.24, 2.45) is 0 Å². The summed E-state index contributed by atoms with van der Waals surface area (Å²) in [5, 5.41) is 6.07. The number of ether oxygens (including phenoxy) is 2. The van der Waals surface area contributed by atoms with Crippen molar-refractivity contribution in [1.29, 1.82) is 0 Å². The Bertz CT molecular complexity index is 483. The molecule has 5 heteroatoms. The van der Waals surface area contributed by atoms with Crippen molar-refractivity contribution in [3.05, 3.63) is 24.3 Å². The van der Waals surface area contributed by atoms with Crippen molar-refractivity contribution in [3.63, 3.8) is 0 Å². The molecule has 1 aromatic rings. The maximum Gasteiger partial charge on any atom is 0.407 e. The number of carbonyl (C=O) groups is 1. The summed E-state index contributed by atoms with van der Waals surface area (Å²) < 4.78 is 11.0. The summed E-state index contributed by atoms with van der Waals surface area (Å²) in [4.78, 5) is 11.5. The molecule has 0 aliphatic carbocycles. The topological polar surface area (TPSA) is 59.6 Å². The highest BCUT2D eigenvalue weighted by molar-refractivity contribution is 5.67. The molecule has 2 N–H and O–H groups in total. The lowest BCUT2D eigenvalue weighted by molar-refractivity contribution is 0.0528. The van der Waals surface area contributed by atoms with E-state index in [9.17, 15) is 4.79 Å². The van der Waals surface area contributed by atoms with Crippen molar-refractivity contribution in [2.45, 2.75) is 59.2 Å². The molecule has 5 nitrogen and oxygen atoms in total. The van der Waals surface area contributed by atoms with Crippen LogP contribution in [0.2, 0.25) is 0 Å². The lowest BCUT2D eigenvalue weighted by atomic mass is 10.2. The maximum absolute atomic E-state index is 11.5. The fraction of sp³-hybridized carbons (Fsp3) is 0.611. The number of carbonyl (C=O) groups excluding carboxylic acids is 1. The molecule has 0 aliphatic rings. The van der Waals surface area contributed by atoms with Crippen LogP contribution in [-0.4, -0.2) is 30.9 Å². The van der Waals surface area contributed by atoms with Gasteiger partial charge in [-0.05, 0) is 52.7 Å². The van der Waals surface area contributed by atoms with Crippen LogP contribution in [0.3, 0.4) is 0 Å². The molecule has 0 saturated heterocycles. The molecular weight excluding hydrogens is 292 g/mol. The average molecular weight is 322 g/mol. The average Bonchev–Trinajstić information content (AvgIpc) is 2.45. The predicted octanol–water partition coefficient (Wildman–Crippen LogP) is 4.19. The van der Waals surface area contributed by atoms with E-state index in [-0.39, 0.29) is 12.2 Å². The minimum Gasteiger partial charge on any atom is -0.491 e. The van der Waals surface area contributed by atoms with Crippen LogP contribution in [0.25, 0.3) is 0 Å². The predicted molar refractivity (Wildman–Crippen MR) is 94.2 cm³/mol. The minimum absolute atomic E-state index is 0.211. The molecule has 0 heterocycles. The Hall–Kier alpha value is -1.91. The summed E-state index contributed by atoms with van der Waals surface area (Å²) in [7, 11) is 0. The Balaban J connectivity index is 2.26. The first kappa shape index (κ1) is 19.1. The number of hydrogen-bond donors (Lipinski definition) is 2. The highest BCUT2D eigenvalue weighted by atomic mass is 16.6. The second kappa shape index (κ2) is 9.28. The molecular formula is C18H30N2O3. The summed E-state index contributed by atoms with van der Waals surface area (Å²) in [6, 6.07) is 7.93. The highest BCUT2D eigenvalue weighted by Crippen LogP contribution is 2.19. The zero-order valence-electron chi connectivity index (χ0n) is 14.9. The lowest BCUT2D eigenvalue weighted by Crippen LogP contribution is -2.33. The summed E-state index contributed by atoms with van der Waals surface area (Å²) in [5.41, 5.74) is 0.557. The van der Waals surface area contributed by atoms with E-state index in [1.165, 1.54) is 0 Å². The van der Waals surface area contributed by atoms with E-state index in [2.05, 4.69) is 24.5 Å². The molecule has 0 bridgehead atoms. The van der Waals surface area contributed by atoms with E-state index < -0.39 is 5.60 Å². The van der Waals surface area contributed by atoms with Gasteiger partial charge >= 0.3 is 6.09 Å². The highest BCUT2D eigenvalue weighted by Gasteiger charge is 2.15. The number of amides is 1. The third kappa shape index (κ3) is 8.96. The van der Waals surface area contributed by atoms with Crippen LogP contribution < -0.4 is 15.4 Å². The number of benzene rings is 1. The van der Waals surface area contributed by atoms with Crippen molar-refractivity contribution in [3.8, 4) is 5.75 Å². The number of anilines is 1. The second-order valence-corrected chi connectivity index (χ2v) is 6.57. The van der Waals surface area contributed by atoms with E-state index in [0.29, 0.717) is 6.54 Å². The fourth-order valence-corrected chi connectivity index (χ4v) is 1.82. The van der Waals surface area contributed by atoms with Gasteiger partial charge in [-0.1, -0.05) is 13.0 Å². The second-order valence-electron chi connectivity index (χ2n) is 6.57. The third-order valence-electron chi connectivity index (χ3n) is 3.10.